The summed E-state index contributed by atoms with van der Waals surface area (Å²) >= 11 is 0. The summed E-state index contributed by atoms with van der Waals surface area (Å²) in [6.07, 6.45) is 2.12. The molecule has 0 radical (unpaired) electrons. The van der Waals surface area contributed by atoms with Crippen LogP contribution in [-0.4, -0.2) is 78.8 Å². The highest BCUT2D eigenvalue weighted by Crippen LogP contribution is 2.26. The predicted molar refractivity (Wildman–Crippen MR) is 167 cm³/mol. The summed E-state index contributed by atoms with van der Waals surface area (Å²) < 4.78 is 33.8. The molecule has 12 heteroatoms. The lowest BCUT2D eigenvalue weighted by molar-refractivity contribution is -0.138. The SMILES string of the molecule is Cc1ccc2cc1CNC(=O)[C@H](CCc1ccccc1)NC(=O)[C@@H](NC(=O)C1CC(F)(F)CN1)CC(=O)N1CCCC(CCO2)C1. The molecule has 2 unspecified atom stereocenters. The Morgan fingerprint density at radius 2 is 1.89 bits per heavy atom. The minimum atomic E-state index is -3.05. The molecule has 2 fully saturated rings. The summed E-state index contributed by atoms with van der Waals surface area (Å²) in [4.78, 5) is 55.7. The largest absolute Gasteiger partial charge is 0.494 e. The molecule has 4 atom stereocenters. The van der Waals surface area contributed by atoms with Crippen molar-refractivity contribution in [1.29, 1.82) is 0 Å². The lowest BCUT2D eigenvalue weighted by atomic mass is 9.94. The van der Waals surface area contributed by atoms with Gasteiger partial charge in [0.05, 0.1) is 25.6 Å². The lowest BCUT2D eigenvalue weighted by Crippen LogP contribution is -2.57. The molecular weight excluding hydrogens is 596 g/mol. The molecule has 248 valence electrons. The number of aryl methyl sites for hydroxylation is 2. The zero-order valence-corrected chi connectivity index (χ0v) is 26.2. The number of carbonyl (C=O) groups excluding carboxylic acids is 4. The molecule has 0 aromatic heterocycles. The first-order valence-electron chi connectivity index (χ1n) is 16.1. The summed E-state index contributed by atoms with van der Waals surface area (Å²) in [5.74, 6) is -4.42. The minimum absolute atomic E-state index is 0.204. The summed E-state index contributed by atoms with van der Waals surface area (Å²) in [5, 5.41) is 10.7. The van der Waals surface area contributed by atoms with Crippen LogP contribution < -0.4 is 26.0 Å². The molecule has 2 saturated heterocycles. The standard InChI is InChI=1S/C34H43F2N5O5/c1-22-9-11-26-16-25(22)19-37-31(43)27(12-10-23-6-3-2-4-7-23)39-32(44)28(40-33(45)29-18-34(35,36)21-38-29)17-30(42)41-14-5-8-24(20-41)13-15-46-26/h2-4,6-7,9,11,16,24,27-29,38H,5,8,10,12-15,17-21H2,1H3,(H,37,43)(H,39,44)(H,40,45)/t24?,27-,28-,29?/m0/s1. The van der Waals surface area contributed by atoms with Crippen LogP contribution in [0.4, 0.5) is 8.78 Å². The molecule has 4 amide bonds. The van der Waals surface area contributed by atoms with Crippen molar-refractivity contribution in [1.82, 2.24) is 26.2 Å². The molecular formula is C34H43F2N5O5. The topological polar surface area (TPSA) is 129 Å². The highest BCUT2D eigenvalue weighted by atomic mass is 19.3. The van der Waals surface area contributed by atoms with Gasteiger partial charge in [-0.2, -0.15) is 0 Å². The van der Waals surface area contributed by atoms with E-state index in [-0.39, 0.29) is 31.2 Å². The van der Waals surface area contributed by atoms with Crippen molar-refractivity contribution in [2.75, 3.05) is 26.2 Å². The average molecular weight is 640 g/mol. The Kier molecular flexibility index (Phi) is 10.9. The Balaban J connectivity index is 1.40. The predicted octanol–water partition coefficient (Wildman–Crippen LogP) is 2.62. The van der Waals surface area contributed by atoms with Gasteiger partial charge in [-0.1, -0.05) is 36.4 Å². The number of benzene rings is 2. The Labute approximate surface area is 268 Å². The van der Waals surface area contributed by atoms with E-state index in [1.807, 2.05) is 55.5 Å². The number of fused-ring (bicyclic) bond motifs is 4. The second-order valence-electron chi connectivity index (χ2n) is 12.6. The second-order valence-corrected chi connectivity index (χ2v) is 12.6. The maximum Gasteiger partial charge on any atom is 0.262 e. The van der Waals surface area contributed by atoms with E-state index in [1.165, 1.54) is 0 Å². The van der Waals surface area contributed by atoms with Gasteiger partial charge in [-0.25, -0.2) is 8.78 Å². The summed E-state index contributed by atoms with van der Waals surface area (Å²) in [6, 6.07) is 11.7. The van der Waals surface area contributed by atoms with E-state index in [4.69, 9.17) is 4.74 Å². The number of hydrogen-bond donors (Lipinski definition) is 4. The molecule has 0 spiro atoms. The van der Waals surface area contributed by atoms with Gasteiger partial charge in [0.2, 0.25) is 23.6 Å². The van der Waals surface area contributed by atoms with Gasteiger partial charge in [-0.15, -0.1) is 0 Å². The van der Waals surface area contributed by atoms with Crippen LogP contribution in [0, 0.1) is 12.8 Å². The van der Waals surface area contributed by atoms with Crippen LogP contribution in [0.5, 0.6) is 5.75 Å². The van der Waals surface area contributed by atoms with Crippen molar-refractivity contribution in [3.8, 4) is 5.75 Å². The number of carbonyl (C=O) groups is 4. The van der Waals surface area contributed by atoms with Crippen molar-refractivity contribution >= 4 is 23.6 Å². The quantitative estimate of drug-likeness (QED) is 0.399. The van der Waals surface area contributed by atoms with Gasteiger partial charge in [0.1, 0.15) is 17.8 Å². The fraction of sp³-hybridized carbons (Fsp3) is 0.529. The Morgan fingerprint density at radius 1 is 1.09 bits per heavy atom. The van der Waals surface area contributed by atoms with E-state index in [2.05, 4.69) is 21.3 Å². The second kappa shape index (κ2) is 15.0. The molecule has 10 nitrogen and oxygen atoms in total. The first kappa shape index (κ1) is 33.3. The minimum Gasteiger partial charge on any atom is -0.494 e. The molecule has 3 heterocycles. The van der Waals surface area contributed by atoms with Gasteiger partial charge in [-0.3, -0.25) is 24.5 Å². The normalized spacial score (nSPS) is 25.8. The van der Waals surface area contributed by atoms with Gasteiger partial charge in [0.15, 0.2) is 0 Å². The number of ether oxygens (including phenoxy) is 1. The van der Waals surface area contributed by atoms with E-state index in [1.54, 1.807) is 4.90 Å². The third-order valence-electron chi connectivity index (χ3n) is 9.08. The fourth-order valence-electron chi connectivity index (χ4n) is 6.29. The maximum atomic E-state index is 13.9. The van der Waals surface area contributed by atoms with Crippen LogP contribution in [0.2, 0.25) is 0 Å². The van der Waals surface area contributed by atoms with Crippen molar-refractivity contribution < 1.29 is 32.7 Å². The first-order valence-corrected chi connectivity index (χ1v) is 16.1. The molecule has 3 aliphatic rings. The average Bonchev–Trinajstić information content (AvgIpc) is 3.42. The van der Waals surface area contributed by atoms with Crippen LogP contribution in [0.1, 0.15) is 55.2 Å². The van der Waals surface area contributed by atoms with Crippen molar-refractivity contribution in [3.63, 3.8) is 0 Å². The molecule has 2 aromatic carbocycles. The van der Waals surface area contributed by atoms with Crippen molar-refractivity contribution in [3.05, 3.63) is 65.2 Å². The summed E-state index contributed by atoms with van der Waals surface area (Å²) in [6.45, 7) is 2.97. The van der Waals surface area contributed by atoms with Gasteiger partial charge in [0.25, 0.3) is 5.92 Å². The Morgan fingerprint density at radius 3 is 2.65 bits per heavy atom. The Hall–Kier alpha value is -4.06. The molecule has 4 bridgehead atoms. The highest BCUT2D eigenvalue weighted by Gasteiger charge is 2.43. The third-order valence-corrected chi connectivity index (χ3v) is 9.08. The number of alkyl halides is 2. The van der Waals surface area contributed by atoms with Crippen molar-refractivity contribution in [2.45, 2.75) is 82.5 Å². The van der Waals surface area contributed by atoms with Crippen LogP contribution in [-0.2, 0) is 32.1 Å². The van der Waals surface area contributed by atoms with Crippen molar-refractivity contribution in [2.24, 2.45) is 5.92 Å². The number of rotatable bonds is 5. The summed E-state index contributed by atoms with van der Waals surface area (Å²) in [5.41, 5.74) is 2.82. The van der Waals surface area contributed by atoms with Crippen LogP contribution in [0.3, 0.4) is 0 Å². The third kappa shape index (κ3) is 9.02. The van der Waals surface area contributed by atoms with Crippen LogP contribution in [0.15, 0.2) is 48.5 Å². The molecule has 3 aliphatic heterocycles. The van der Waals surface area contributed by atoms with Gasteiger partial charge in [-0.05, 0) is 73.8 Å². The number of hydrogen-bond acceptors (Lipinski definition) is 6. The first-order chi connectivity index (χ1) is 22.1. The molecule has 46 heavy (non-hydrogen) atoms. The number of nitrogens with one attached hydrogen (secondary N) is 4. The smallest absolute Gasteiger partial charge is 0.262 e. The zero-order chi connectivity index (χ0) is 32.7. The maximum absolute atomic E-state index is 13.9. The van der Waals surface area contributed by atoms with Crippen LogP contribution in [0.25, 0.3) is 0 Å². The highest BCUT2D eigenvalue weighted by molar-refractivity contribution is 5.95. The van der Waals surface area contributed by atoms with Gasteiger partial charge < -0.3 is 25.6 Å². The molecule has 0 aliphatic carbocycles. The molecule has 5 rings (SSSR count). The van der Waals surface area contributed by atoms with E-state index < -0.39 is 54.7 Å². The van der Waals surface area contributed by atoms with E-state index >= 15 is 0 Å². The number of nitrogens with zero attached hydrogens (tertiary/aromatic N) is 1. The zero-order valence-electron chi connectivity index (χ0n) is 26.2. The number of halogens is 2. The number of amides is 4. The van der Waals surface area contributed by atoms with E-state index in [0.717, 1.165) is 36.0 Å². The Bertz CT molecular complexity index is 1410. The molecule has 4 N–H and O–H groups in total. The van der Waals surface area contributed by atoms with Gasteiger partial charge >= 0.3 is 0 Å². The lowest BCUT2D eigenvalue weighted by Gasteiger charge is -2.34. The molecule has 2 aromatic rings. The van der Waals surface area contributed by atoms with E-state index in [0.29, 0.717) is 31.9 Å². The summed E-state index contributed by atoms with van der Waals surface area (Å²) in [7, 11) is 0. The van der Waals surface area contributed by atoms with E-state index in [9.17, 15) is 28.0 Å². The number of piperidine rings is 1. The molecule has 0 saturated carbocycles. The van der Waals surface area contributed by atoms with Crippen LogP contribution >= 0.6 is 0 Å². The fourth-order valence-corrected chi connectivity index (χ4v) is 6.29. The monoisotopic (exact) mass is 639 g/mol. The van der Waals surface area contributed by atoms with Gasteiger partial charge in [0, 0.05) is 26.1 Å².